The quantitative estimate of drug-likeness (QED) is 0.638. The van der Waals surface area contributed by atoms with E-state index in [1.54, 1.807) is 6.07 Å². The van der Waals surface area contributed by atoms with Crippen LogP contribution in [0.25, 0.3) is 0 Å². The van der Waals surface area contributed by atoms with E-state index in [2.05, 4.69) is 23.1 Å². The van der Waals surface area contributed by atoms with Gasteiger partial charge in [0, 0.05) is 32.8 Å². The van der Waals surface area contributed by atoms with Crippen LogP contribution >= 0.6 is 0 Å². The Morgan fingerprint density at radius 3 is 2.63 bits per heavy atom. The maximum absolute atomic E-state index is 13.5. The molecule has 0 N–H and O–H groups in total. The van der Waals surface area contributed by atoms with E-state index in [1.807, 2.05) is 23.1 Å². The fourth-order valence-corrected chi connectivity index (χ4v) is 6.08. The van der Waals surface area contributed by atoms with Crippen LogP contribution in [0.3, 0.4) is 0 Å². The zero-order chi connectivity index (χ0) is 23.9. The third kappa shape index (κ3) is 4.01. The molecule has 0 aliphatic carbocycles. The molecule has 4 aliphatic heterocycles. The molecule has 4 heterocycles. The molecule has 3 amide bonds. The van der Waals surface area contributed by atoms with E-state index < -0.39 is 0 Å². The molecule has 6 rings (SSSR count). The molecule has 2 atom stereocenters. The number of imide groups is 1. The topological polar surface area (TPSA) is 70.2 Å². The standard InChI is InChI=1S/C28H31N3O4/c32-26(30-14-12-19-6-1-2-7-20(19)16-30)21-8-4-13-29(17-21)24-11-3-10-23-25(24)28(34)31(27(23)33)18-22-9-5-15-35-22/h1-3,6-7,10-11,21-22H,4-5,8-9,12-18H2. The van der Waals surface area contributed by atoms with Crippen LogP contribution in [0.5, 0.6) is 0 Å². The maximum atomic E-state index is 13.5. The van der Waals surface area contributed by atoms with Gasteiger partial charge in [0.1, 0.15) is 0 Å². The average Bonchev–Trinajstić information content (AvgIpc) is 3.51. The normalized spacial score (nSPS) is 24.1. The molecule has 2 saturated heterocycles. The third-order valence-electron chi connectivity index (χ3n) is 7.94. The molecule has 0 bridgehead atoms. The minimum atomic E-state index is -0.239. The Balaban J connectivity index is 1.20. The summed E-state index contributed by atoms with van der Waals surface area (Å²) in [6, 6.07) is 13.9. The van der Waals surface area contributed by atoms with Crippen LogP contribution in [-0.2, 0) is 22.5 Å². The van der Waals surface area contributed by atoms with Crippen molar-refractivity contribution in [2.24, 2.45) is 5.92 Å². The molecule has 7 heteroatoms. The summed E-state index contributed by atoms with van der Waals surface area (Å²) in [4.78, 5) is 45.4. The smallest absolute Gasteiger partial charge is 0.263 e. The fraction of sp³-hybridized carbons (Fsp3) is 0.464. The molecule has 7 nitrogen and oxygen atoms in total. The van der Waals surface area contributed by atoms with E-state index in [0.717, 1.165) is 50.9 Å². The third-order valence-corrected chi connectivity index (χ3v) is 7.94. The van der Waals surface area contributed by atoms with E-state index in [9.17, 15) is 14.4 Å². The number of anilines is 1. The first-order valence-corrected chi connectivity index (χ1v) is 12.8. The molecule has 0 aromatic heterocycles. The molecule has 2 aromatic carbocycles. The molecule has 182 valence electrons. The predicted octanol–water partition coefficient (Wildman–Crippen LogP) is 3.26. The highest BCUT2D eigenvalue weighted by atomic mass is 16.5. The second-order valence-electron chi connectivity index (χ2n) is 10.1. The fourth-order valence-electron chi connectivity index (χ4n) is 6.08. The van der Waals surface area contributed by atoms with Gasteiger partial charge in [-0.1, -0.05) is 30.3 Å². The van der Waals surface area contributed by atoms with Gasteiger partial charge in [0.2, 0.25) is 5.91 Å². The number of hydrogen-bond acceptors (Lipinski definition) is 5. The maximum Gasteiger partial charge on any atom is 0.263 e. The molecule has 0 saturated carbocycles. The number of carbonyl (C=O) groups is 3. The Kier molecular flexibility index (Phi) is 5.80. The van der Waals surface area contributed by atoms with Gasteiger partial charge in [-0.3, -0.25) is 19.3 Å². The van der Waals surface area contributed by atoms with Gasteiger partial charge < -0.3 is 14.5 Å². The first kappa shape index (κ1) is 22.3. The van der Waals surface area contributed by atoms with Crippen molar-refractivity contribution in [3.63, 3.8) is 0 Å². The minimum absolute atomic E-state index is 0.0766. The van der Waals surface area contributed by atoms with E-state index in [4.69, 9.17) is 4.74 Å². The van der Waals surface area contributed by atoms with Crippen LogP contribution in [0.4, 0.5) is 5.69 Å². The summed E-state index contributed by atoms with van der Waals surface area (Å²) >= 11 is 0. The van der Waals surface area contributed by atoms with Gasteiger partial charge in [0.15, 0.2) is 0 Å². The second-order valence-corrected chi connectivity index (χ2v) is 10.1. The largest absolute Gasteiger partial charge is 0.376 e. The minimum Gasteiger partial charge on any atom is -0.376 e. The van der Waals surface area contributed by atoms with Gasteiger partial charge in [-0.25, -0.2) is 0 Å². The lowest BCUT2D eigenvalue weighted by Crippen LogP contribution is -2.46. The van der Waals surface area contributed by atoms with Gasteiger partial charge in [-0.05, 0) is 55.4 Å². The number of ether oxygens (including phenoxy) is 1. The number of piperidine rings is 1. The SMILES string of the molecule is O=C(C1CCCN(c2cccc3c2C(=O)N(CC2CCCO2)C3=O)C1)N1CCc2ccccc2C1. The van der Waals surface area contributed by atoms with Gasteiger partial charge in [0.05, 0.1) is 35.4 Å². The second kappa shape index (κ2) is 9.11. The highest BCUT2D eigenvalue weighted by Crippen LogP contribution is 2.35. The van der Waals surface area contributed by atoms with Gasteiger partial charge in [-0.2, -0.15) is 0 Å². The lowest BCUT2D eigenvalue weighted by Gasteiger charge is -2.38. The summed E-state index contributed by atoms with van der Waals surface area (Å²) in [5.74, 6) is -0.393. The van der Waals surface area contributed by atoms with E-state index in [-0.39, 0.29) is 29.7 Å². The zero-order valence-corrected chi connectivity index (χ0v) is 19.9. The summed E-state index contributed by atoms with van der Waals surface area (Å²) in [5, 5.41) is 0. The highest BCUT2D eigenvalue weighted by molar-refractivity contribution is 6.23. The number of hydrogen-bond donors (Lipinski definition) is 0. The van der Waals surface area contributed by atoms with Crippen molar-refractivity contribution in [2.45, 2.75) is 44.8 Å². The first-order chi connectivity index (χ1) is 17.1. The number of carbonyl (C=O) groups excluding carboxylic acids is 3. The van der Waals surface area contributed by atoms with Crippen LogP contribution in [0.1, 0.15) is 57.5 Å². The van der Waals surface area contributed by atoms with Crippen molar-refractivity contribution in [1.82, 2.24) is 9.80 Å². The summed E-state index contributed by atoms with van der Waals surface area (Å²) in [7, 11) is 0. The number of rotatable bonds is 4. The van der Waals surface area contributed by atoms with Crippen LogP contribution in [-0.4, -0.2) is 66.4 Å². The van der Waals surface area contributed by atoms with Crippen molar-refractivity contribution in [3.05, 3.63) is 64.7 Å². The molecular formula is C28H31N3O4. The van der Waals surface area contributed by atoms with Crippen LogP contribution in [0, 0.1) is 5.92 Å². The number of amides is 3. The molecule has 2 aromatic rings. The van der Waals surface area contributed by atoms with Crippen molar-refractivity contribution in [1.29, 1.82) is 0 Å². The average molecular weight is 474 g/mol. The molecule has 4 aliphatic rings. The van der Waals surface area contributed by atoms with Gasteiger partial charge >= 0.3 is 0 Å². The van der Waals surface area contributed by atoms with Crippen LogP contribution in [0.15, 0.2) is 42.5 Å². The van der Waals surface area contributed by atoms with Gasteiger partial charge in [-0.15, -0.1) is 0 Å². The predicted molar refractivity (Wildman–Crippen MR) is 131 cm³/mol. The molecule has 0 spiro atoms. The van der Waals surface area contributed by atoms with Crippen molar-refractivity contribution in [2.75, 3.05) is 37.7 Å². The molecule has 0 radical (unpaired) electrons. The Hall–Kier alpha value is -3.19. The molecule has 2 unspecified atom stereocenters. The summed E-state index contributed by atoms with van der Waals surface area (Å²) in [5.41, 5.74) is 4.28. The number of nitrogens with zero attached hydrogens (tertiary/aromatic N) is 3. The summed E-state index contributed by atoms with van der Waals surface area (Å²) < 4.78 is 5.68. The monoisotopic (exact) mass is 473 g/mol. The lowest BCUT2D eigenvalue weighted by molar-refractivity contribution is -0.136. The highest BCUT2D eigenvalue weighted by Gasteiger charge is 2.41. The van der Waals surface area contributed by atoms with Crippen molar-refractivity contribution >= 4 is 23.4 Å². The summed E-state index contributed by atoms with van der Waals surface area (Å²) in [6.07, 6.45) is 4.38. The van der Waals surface area contributed by atoms with Crippen molar-refractivity contribution in [3.8, 4) is 0 Å². The Labute approximate surface area is 205 Å². The lowest BCUT2D eigenvalue weighted by atomic mass is 9.93. The molecule has 35 heavy (non-hydrogen) atoms. The van der Waals surface area contributed by atoms with Crippen molar-refractivity contribution < 1.29 is 19.1 Å². The van der Waals surface area contributed by atoms with Crippen LogP contribution < -0.4 is 4.90 Å². The molecular weight excluding hydrogens is 442 g/mol. The number of benzene rings is 2. The zero-order valence-electron chi connectivity index (χ0n) is 19.9. The van der Waals surface area contributed by atoms with E-state index in [0.29, 0.717) is 37.4 Å². The van der Waals surface area contributed by atoms with E-state index >= 15 is 0 Å². The summed E-state index contributed by atoms with van der Waals surface area (Å²) in [6.45, 7) is 3.75. The van der Waals surface area contributed by atoms with Crippen LogP contribution in [0.2, 0.25) is 0 Å². The van der Waals surface area contributed by atoms with Gasteiger partial charge in [0.25, 0.3) is 11.8 Å². The Morgan fingerprint density at radius 1 is 0.943 bits per heavy atom. The van der Waals surface area contributed by atoms with E-state index in [1.165, 1.54) is 16.0 Å². The number of fused-ring (bicyclic) bond motifs is 2. The molecule has 2 fully saturated rings. The Bertz CT molecular complexity index is 1170. The first-order valence-electron chi connectivity index (χ1n) is 12.8. The Morgan fingerprint density at radius 2 is 1.80 bits per heavy atom.